The molecule has 0 bridgehead atoms. The fourth-order valence-corrected chi connectivity index (χ4v) is 0.996. The molecule has 0 amide bonds. The van der Waals surface area contributed by atoms with Gasteiger partial charge in [0.05, 0.1) is 12.7 Å². The number of aromatic nitrogens is 1. The van der Waals surface area contributed by atoms with Crippen LogP contribution in [0.2, 0.25) is 0 Å². The molecule has 0 aliphatic carbocycles. The smallest absolute Gasteiger partial charge is 0.387 e. The van der Waals surface area contributed by atoms with Crippen molar-refractivity contribution in [3.05, 3.63) is 18.3 Å². The van der Waals surface area contributed by atoms with Crippen molar-refractivity contribution in [2.24, 2.45) is 0 Å². The van der Waals surface area contributed by atoms with E-state index in [1.165, 1.54) is 12.1 Å². The monoisotopic (exact) mass is 262 g/mol. The molecule has 8 heteroatoms. The predicted molar refractivity (Wildman–Crippen MR) is 57.6 cm³/mol. The van der Waals surface area contributed by atoms with Crippen LogP contribution in [-0.4, -0.2) is 39.9 Å². The lowest BCUT2D eigenvalue weighted by Gasteiger charge is -2.18. The Morgan fingerprint density at radius 2 is 2.28 bits per heavy atom. The molecule has 0 saturated carbocycles. The average molecular weight is 262 g/mol. The van der Waals surface area contributed by atoms with Gasteiger partial charge in [0, 0.05) is 0 Å². The summed E-state index contributed by atoms with van der Waals surface area (Å²) in [4.78, 5) is 14.3. The van der Waals surface area contributed by atoms with Gasteiger partial charge in [0.1, 0.15) is 11.6 Å². The number of hydrogen-bond acceptors (Lipinski definition) is 5. The summed E-state index contributed by atoms with van der Waals surface area (Å²) in [6.45, 7) is -2.08. The Morgan fingerprint density at radius 1 is 1.61 bits per heavy atom. The van der Waals surface area contributed by atoms with Crippen molar-refractivity contribution < 1.29 is 28.5 Å². The van der Waals surface area contributed by atoms with Crippen LogP contribution in [0.5, 0.6) is 5.75 Å². The highest BCUT2D eigenvalue weighted by atomic mass is 19.3. The van der Waals surface area contributed by atoms with Gasteiger partial charge in [0.15, 0.2) is 5.60 Å². The van der Waals surface area contributed by atoms with Gasteiger partial charge in [-0.05, 0) is 19.1 Å². The summed E-state index contributed by atoms with van der Waals surface area (Å²) in [5, 5.41) is 20.6. The summed E-state index contributed by atoms with van der Waals surface area (Å²) >= 11 is 0. The molecule has 0 aliphatic rings. The minimum Gasteiger partial charge on any atom is -0.479 e. The molecule has 18 heavy (non-hydrogen) atoms. The first-order chi connectivity index (χ1) is 8.31. The van der Waals surface area contributed by atoms with E-state index in [2.05, 4.69) is 15.0 Å². The maximum absolute atomic E-state index is 11.9. The fourth-order valence-electron chi connectivity index (χ4n) is 0.996. The number of nitrogens with zero attached hydrogens (tertiary/aromatic N) is 1. The summed E-state index contributed by atoms with van der Waals surface area (Å²) < 4.78 is 27.8. The van der Waals surface area contributed by atoms with E-state index < -0.39 is 18.2 Å². The zero-order valence-electron chi connectivity index (χ0n) is 9.43. The maximum Gasteiger partial charge on any atom is 0.387 e. The molecule has 0 aliphatic heterocycles. The number of carboxylic acid groups (broad SMARTS) is 1. The van der Waals surface area contributed by atoms with E-state index in [1.54, 1.807) is 0 Å². The van der Waals surface area contributed by atoms with Gasteiger partial charge in [-0.2, -0.15) is 8.78 Å². The van der Waals surface area contributed by atoms with E-state index in [4.69, 9.17) is 5.11 Å². The summed E-state index contributed by atoms with van der Waals surface area (Å²) in [6, 6.07) is 2.58. The fraction of sp³-hybridized carbons (Fsp3) is 0.400. The highest BCUT2D eigenvalue weighted by molar-refractivity contribution is 5.77. The number of anilines is 1. The van der Waals surface area contributed by atoms with E-state index in [1.807, 2.05) is 0 Å². The molecule has 1 unspecified atom stereocenters. The van der Waals surface area contributed by atoms with Crippen LogP contribution in [0.1, 0.15) is 6.92 Å². The number of carbonyl (C=O) groups is 1. The molecule has 1 heterocycles. The number of halogens is 2. The summed E-state index contributed by atoms with van der Waals surface area (Å²) in [7, 11) is 0. The number of nitrogens with one attached hydrogen (secondary N) is 1. The molecule has 1 rings (SSSR count). The average Bonchev–Trinajstić information content (AvgIpc) is 2.27. The van der Waals surface area contributed by atoms with Crippen LogP contribution in [0.25, 0.3) is 0 Å². The summed E-state index contributed by atoms with van der Waals surface area (Å²) in [5.74, 6) is -1.26. The Bertz CT molecular complexity index is 409. The van der Waals surface area contributed by atoms with Gasteiger partial charge in [-0.3, -0.25) is 0 Å². The van der Waals surface area contributed by atoms with Gasteiger partial charge in [-0.15, -0.1) is 0 Å². The molecule has 100 valence electrons. The topological polar surface area (TPSA) is 91.7 Å². The van der Waals surface area contributed by atoms with Gasteiger partial charge in [-0.25, -0.2) is 9.78 Å². The van der Waals surface area contributed by atoms with E-state index in [0.717, 1.165) is 13.1 Å². The van der Waals surface area contributed by atoms with Crippen LogP contribution in [-0.2, 0) is 4.79 Å². The second-order valence-corrected chi connectivity index (χ2v) is 3.69. The van der Waals surface area contributed by atoms with Gasteiger partial charge in [-0.1, -0.05) is 0 Å². The van der Waals surface area contributed by atoms with Crippen LogP contribution in [0.4, 0.5) is 14.6 Å². The second kappa shape index (κ2) is 5.58. The molecule has 6 nitrogen and oxygen atoms in total. The lowest BCUT2D eigenvalue weighted by Crippen LogP contribution is -2.41. The predicted octanol–water partition coefficient (Wildman–Crippen LogP) is 0.930. The molecular formula is C10H12F2N2O4. The third kappa shape index (κ3) is 4.13. The molecule has 0 fully saturated rings. The molecule has 0 saturated heterocycles. The zero-order valence-corrected chi connectivity index (χ0v) is 9.43. The number of pyridine rings is 1. The Morgan fingerprint density at radius 3 is 2.72 bits per heavy atom. The summed E-state index contributed by atoms with van der Waals surface area (Å²) in [6.07, 6.45) is 1.06. The van der Waals surface area contributed by atoms with Crippen molar-refractivity contribution in [3.63, 3.8) is 0 Å². The van der Waals surface area contributed by atoms with Crippen LogP contribution in [0.3, 0.4) is 0 Å². The second-order valence-electron chi connectivity index (χ2n) is 3.69. The molecule has 0 radical (unpaired) electrons. The number of hydrogen-bond donors (Lipinski definition) is 3. The van der Waals surface area contributed by atoms with Crippen LogP contribution in [0, 0.1) is 0 Å². The molecule has 1 aromatic heterocycles. The number of aliphatic carboxylic acids is 1. The third-order valence-electron chi connectivity index (χ3n) is 2.04. The van der Waals surface area contributed by atoms with Gasteiger partial charge in [0.2, 0.25) is 0 Å². The van der Waals surface area contributed by atoms with Crippen LogP contribution < -0.4 is 10.1 Å². The Labute approximate surface area is 101 Å². The third-order valence-corrected chi connectivity index (χ3v) is 2.04. The quantitative estimate of drug-likeness (QED) is 0.706. The maximum atomic E-state index is 11.9. The number of rotatable bonds is 6. The highest BCUT2D eigenvalue weighted by Crippen LogP contribution is 2.15. The van der Waals surface area contributed by atoms with Gasteiger partial charge in [0.25, 0.3) is 0 Å². The van der Waals surface area contributed by atoms with Crippen molar-refractivity contribution in [1.29, 1.82) is 0 Å². The number of ether oxygens (including phenoxy) is 1. The molecular weight excluding hydrogens is 250 g/mol. The molecule has 1 atom stereocenters. The molecule has 1 aromatic rings. The van der Waals surface area contributed by atoms with E-state index >= 15 is 0 Å². The summed E-state index contributed by atoms with van der Waals surface area (Å²) in [5.41, 5.74) is -1.94. The SMILES string of the molecule is CC(O)(CNc1ccc(OC(F)F)cn1)C(=O)O. The minimum absolute atomic E-state index is 0.111. The van der Waals surface area contributed by atoms with Crippen molar-refractivity contribution in [1.82, 2.24) is 4.98 Å². The Hall–Kier alpha value is -1.96. The zero-order chi connectivity index (χ0) is 13.8. The number of aliphatic hydroxyl groups is 1. The lowest BCUT2D eigenvalue weighted by atomic mass is 10.1. The highest BCUT2D eigenvalue weighted by Gasteiger charge is 2.29. The Kier molecular flexibility index (Phi) is 4.38. The molecule has 0 spiro atoms. The standard InChI is InChI=1S/C10H12F2N2O4/c1-10(17,8(15)16)5-14-7-3-2-6(4-13-7)18-9(11)12/h2-4,9,17H,5H2,1H3,(H,13,14)(H,15,16). The minimum atomic E-state index is -2.93. The van der Waals surface area contributed by atoms with Crippen LogP contribution >= 0.6 is 0 Å². The normalized spacial score (nSPS) is 14.1. The largest absolute Gasteiger partial charge is 0.479 e. The van der Waals surface area contributed by atoms with Crippen molar-refractivity contribution in [2.75, 3.05) is 11.9 Å². The lowest BCUT2D eigenvalue weighted by molar-refractivity contribution is -0.155. The Balaban J connectivity index is 2.57. The van der Waals surface area contributed by atoms with Gasteiger partial charge < -0.3 is 20.3 Å². The van der Waals surface area contributed by atoms with E-state index in [-0.39, 0.29) is 18.1 Å². The van der Waals surface area contributed by atoms with Crippen molar-refractivity contribution >= 4 is 11.8 Å². The van der Waals surface area contributed by atoms with Crippen molar-refractivity contribution in [3.8, 4) is 5.75 Å². The van der Waals surface area contributed by atoms with E-state index in [0.29, 0.717) is 0 Å². The first-order valence-corrected chi connectivity index (χ1v) is 4.92. The van der Waals surface area contributed by atoms with Crippen LogP contribution in [0.15, 0.2) is 18.3 Å². The first kappa shape index (κ1) is 14.1. The number of alkyl halides is 2. The van der Waals surface area contributed by atoms with Crippen molar-refractivity contribution in [2.45, 2.75) is 19.1 Å². The first-order valence-electron chi connectivity index (χ1n) is 4.92. The molecule has 3 N–H and O–H groups in total. The van der Waals surface area contributed by atoms with E-state index in [9.17, 15) is 18.7 Å². The molecule has 0 aromatic carbocycles. The number of carboxylic acids is 1. The van der Waals surface area contributed by atoms with Gasteiger partial charge >= 0.3 is 12.6 Å².